The minimum Gasteiger partial charge on any atom is -0.478 e. The van der Waals surface area contributed by atoms with Crippen LogP contribution in [0.15, 0.2) is 18.2 Å². The Labute approximate surface area is 104 Å². The molecule has 6 heteroatoms. The molecule has 1 unspecified atom stereocenters. The molecule has 0 spiro atoms. The van der Waals surface area contributed by atoms with E-state index in [4.69, 9.17) is 10.8 Å². The molecule has 4 N–H and O–H groups in total. The van der Waals surface area contributed by atoms with Gasteiger partial charge in [0.2, 0.25) is 5.91 Å². The van der Waals surface area contributed by atoms with Gasteiger partial charge in [0.05, 0.1) is 11.1 Å². The van der Waals surface area contributed by atoms with Gasteiger partial charge in [0.1, 0.15) is 5.82 Å². The van der Waals surface area contributed by atoms with Crippen molar-refractivity contribution < 1.29 is 19.1 Å². The zero-order valence-electron chi connectivity index (χ0n) is 10.2. The van der Waals surface area contributed by atoms with Gasteiger partial charge in [0.15, 0.2) is 0 Å². The number of carbonyl (C=O) groups is 2. The lowest BCUT2D eigenvalue weighted by Crippen LogP contribution is -2.47. The van der Waals surface area contributed by atoms with Gasteiger partial charge in [-0.3, -0.25) is 4.79 Å². The third kappa shape index (κ3) is 3.04. The van der Waals surface area contributed by atoms with E-state index >= 15 is 0 Å². The fourth-order valence-electron chi connectivity index (χ4n) is 1.20. The monoisotopic (exact) mass is 254 g/mol. The van der Waals surface area contributed by atoms with Crippen LogP contribution in [0.3, 0.4) is 0 Å². The summed E-state index contributed by atoms with van der Waals surface area (Å²) in [5.41, 5.74) is 4.40. The van der Waals surface area contributed by atoms with Gasteiger partial charge in [0.25, 0.3) is 0 Å². The van der Waals surface area contributed by atoms with E-state index in [1.165, 1.54) is 6.07 Å². The molecular formula is C12H15FN2O3. The van der Waals surface area contributed by atoms with Crippen molar-refractivity contribution in [3.05, 3.63) is 29.6 Å². The quantitative estimate of drug-likeness (QED) is 0.760. The number of rotatable bonds is 4. The molecule has 0 aliphatic heterocycles. The summed E-state index contributed by atoms with van der Waals surface area (Å²) in [6.45, 7) is 3.32. The minimum atomic E-state index is -1.36. The summed E-state index contributed by atoms with van der Waals surface area (Å²) in [5.74, 6) is -2.72. The molecule has 98 valence electrons. The predicted octanol–water partition coefficient (Wildman–Crippen LogP) is 1.59. The summed E-state index contributed by atoms with van der Waals surface area (Å²) in [6.07, 6.45) is 0.425. The molecule has 0 fully saturated rings. The van der Waals surface area contributed by atoms with Crippen LogP contribution in [0.25, 0.3) is 0 Å². The van der Waals surface area contributed by atoms with Gasteiger partial charge < -0.3 is 16.2 Å². The van der Waals surface area contributed by atoms with Crippen LogP contribution >= 0.6 is 0 Å². The molecular weight excluding hydrogens is 239 g/mol. The second-order valence-electron chi connectivity index (χ2n) is 4.22. The molecule has 0 heterocycles. The van der Waals surface area contributed by atoms with E-state index in [1.54, 1.807) is 13.8 Å². The molecule has 0 saturated carbocycles. The number of carboxylic acids is 1. The fraction of sp³-hybridized carbons (Fsp3) is 0.333. The number of carboxylic acid groups (broad SMARTS) is 1. The fourth-order valence-corrected chi connectivity index (χ4v) is 1.20. The summed E-state index contributed by atoms with van der Waals surface area (Å²) in [7, 11) is 0. The Kier molecular flexibility index (Phi) is 4.03. The van der Waals surface area contributed by atoms with Crippen LogP contribution in [0.5, 0.6) is 0 Å². The van der Waals surface area contributed by atoms with Crippen molar-refractivity contribution in [2.75, 3.05) is 5.32 Å². The first-order chi connectivity index (χ1) is 8.27. The second kappa shape index (κ2) is 5.14. The lowest BCUT2D eigenvalue weighted by molar-refractivity contribution is -0.120. The van der Waals surface area contributed by atoms with Gasteiger partial charge in [-0.25, -0.2) is 9.18 Å². The van der Waals surface area contributed by atoms with E-state index in [2.05, 4.69) is 5.32 Å². The van der Waals surface area contributed by atoms with Gasteiger partial charge in [-0.05, 0) is 31.5 Å². The molecule has 0 radical (unpaired) electrons. The number of aromatic carboxylic acids is 1. The summed E-state index contributed by atoms with van der Waals surface area (Å²) < 4.78 is 13.4. The molecule has 1 aromatic carbocycles. The highest BCUT2D eigenvalue weighted by Crippen LogP contribution is 2.16. The van der Waals surface area contributed by atoms with Crippen molar-refractivity contribution in [2.24, 2.45) is 5.73 Å². The summed E-state index contributed by atoms with van der Waals surface area (Å²) in [4.78, 5) is 22.3. The number of nitrogens with one attached hydrogen (secondary N) is 1. The zero-order chi connectivity index (χ0) is 13.9. The van der Waals surface area contributed by atoms with Crippen LogP contribution in [0.2, 0.25) is 0 Å². The van der Waals surface area contributed by atoms with Crippen molar-refractivity contribution in [2.45, 2.75) is 25.8 Å². The molecule has 1 amide bonds. The van der Waals surface area contributed by atoms with Crippen molar-refractivity contribution in [3.8, 4) is 0 Å². The van der Waals surface area contributed by atoms with E-state index in [-0.39, 0.29) is 5.69 Å². The standard InChI is InChI=1S/C12H15FN2O3/c1-3-12(2,14)11(18)15-7-4-5-8(10(16)17)9(13)6-7/h4-6H,3,14H2,1-2H3,(H,15,18)(H,16,17). The normalized spacial score (nSPS) is 13.8. The number of anilines is 1. The average molecular weight is 254 g/mol. The Bertz CT molecular complexity index is 486. The summed E-state index contributed by atoms with van der Waals surface area (Å²) in [6, 6.07) is 3.36. The van der Waals surface area contributed by atoms with Crippen LogP contribution in [0.4, 0.5) is 10.1 Å². The Hall–Kier alpha value is -1.95. The minimum absolute atomic E-state index is 0.174. The van der Waals surface area contributed by atoms with Crippen LogP contribution in [-0.2, 0) is 4.79 Å². The van der Waals surface area contributed by atoms with E-state index in [1.807, 2.05) is 0 Å². The van der Waals surface area contributed by atoms with Crippen molar-refractivity contribution in [3.63, 3.8) is 0 Å². The molecule has 1 atom stereocenters. The highest BCUT2D eigenvalue weighted by molar-refractivity contribution is 5.98. The first-order valence-corrected chi connectivity index (χ1v) is 5.41. The number of hydrogen-bond donors (Lipinski definition) is 3. The lowest BCUT2D eigenvalue weighted by Gasteiger charge is -2.21. The van der Waals surface area contributed by atoms with Gasteiger partial charge >= 0.3 is 5.97 Å². The molecule has 0 aliphatic carbocycles. The Morgan fingerprint density at radius 1 is 1.50 bits per heavy atom. The number of hydrogen-bond acceptors (Lipinski definition) is 3. The third-order valence-corrected chi connectivity index (χ3v) is 2.71. The van der Waals surface area contributed by atoms with Crippen LogP contribution in [0.1, 0.15) is 30.6 Å². The van der Waals surface area contributed by atoms with E-state index in [9.17, 15) is 14.0 Å². The van der Waals surface area contributed by atoms with Crippen molar-refractivity contribution in [1.29, 1.82) is 0 Å². The second-order valence-corrected chi connectivity index (χ2v) is 4.22. The number of benzene rings is 1. The highest BCUT2D eigenvalue weighted by atomic mass is 19.1. The summed E-state index contributed by atoms with van der Waals surface area (Å²) >= 11 is 0. The number of nitrogens with two attached hydrogens (primary N) is 1. The topological polar surface area (TPSA) is 92.4 Å². The van der Waals surface area contributed by atoms with Crippen LogP contribution < -0.4 is 11.1 Å². The molecule has 18 heavy (non-hydrogen) atoms. The Balaban J connectivity index is 2.91. The number of carbonyl (C=O) groups excluding carboxylic acids is 1. The van der Waals surface area contributed by atoms with Crippen molar-refractivity contribution in [1.82, 2.24) is 0 Å². The van der Waals surface area contributed by atoms with E-state index in [0.29, 0.717) is 6.42 Å². The van der Waals surface area contributed by atoms with E-state index in [0.717, 1.165) is 12.1 Å². The number of amides is 1. The molecule has 0 aromatic heterocycles. The Morgan fingerprint density at radius 3 is 2.56 bits per heavy atom. The Morgan fingerprint density at radius 2 is 2.11 bits per heavy atom. The SMILES string of the molecule is CCC(C)(N)C(=O)Nc1ccc(C(=O)O)c(F)c1. The summed E-state index contributed by atoms with van der Waals surface area (Å²) in [5, 5.41) is 11.1. The van der Waals surface area contributed by atoms with Crippen LogP contribution in [-0.4, -0.2) is 22.5 Å². The predicted molar refractivity (Wildman–Crippen MR) is 64.9 cm³/mol. The maximum atomic E-state index is 13.4. The van der Waals surface area contributed by atoms with Crippen LogP contribution in [0, 0.1) is 5.82 Å². The first-order valence-electron chi connectivity index (χ1n) is 5.41. The smallest absolute Gasteiger partial charge is 0.338 e. The largest absolute Gasteiger partial charge is 0.478 e. The van der Waals surface area contributed by atoms with Gasteiger partial charge in [-0.15, -0.1) is 0 Å². The average Bonchev–Trinajstić information content (AvgIpc) is 2.28. The maximum Gasteiger partial charge on any atom is 0.338 e. The van der Waals surface area contributed by atoms with Gasteiger partial charge in [-0.1, -0.05) is 6.92 Å². The van der Waals surface area contributed by atoms with E-state index < -0.39 is 28.8 Å². The number of halogens is 1. The zero-order valence-corrected chi connectivity index (χ0v) is 10.2. The molecule has 0 saturated heterocycles. The van der Waals surface area contributed by atoms with Gasteiger partial charge in [0, 0.05) is 5.69 Å². The molecule has 0 bridgehead atoms. The maximum absolute atomic E-state index is 13.4. The molecule has 1 rings (SSSR count). The molecule has 0 aliphatic rings. The highest BCUT2D eigenvalue weighted by Gasteiger charge is 2.26. The third-order valence-electron chi connectivity index (χ3n) is 2.71. The first kappa shape index (κ1) is 14.1. The molecule has 5 nitrogen and oxygen atoms in total. The van der Waals surface area contributed by atoms with Gasteiger partial charge in [-0.2, -0.15) is 0 Å². The molecule has 1 aromatic rings. The van der Waals surface area contributed by atoms with Crippen molar-refractivity contribution >= 4 is 17.6 Å². The lowest BCUT2D eigenvalue weighted by atomic mass is 9.99.